The van der Waals surface area contributed by atoms with E-state index >= 15 is 0 Å². The van der Waals surface area contributed by atoms with Crippen LogP contribution >= 0.6 is 0 Å². The summed E-state index contributed by atoms with van der Waals surface area (Å²) in [6, 6.07) is 8.60. The molecule has 3 aromatic rings. The minimum atomic E-state index is 0.0768. The molecule has 184 valence electrons. The van der Waals surface area contributed by atoms with Gasteiger partial charge in [-0.05, 0) is 56.4 Å². The summed E-state index contributed by atoms with van der Waals surface area (Å²) in [6.07, 6.45) is 10.2. The zero-order valence-electron chi connectivity index (χ0n) is 20.4. The molecule has 0 radical (unpaired) electrons. The predicted molar refractivity (Wildman–Crippen MR) is 138 cm³/mol. The molecule has 0 spiro atoms. The van der Waals surface area contributed by atoms with E-state index in [0.29, 0.717) is 6.04 Å². The molecule has 2 aliphatic rings. The van der Waals surface area contributed by atoms with Crippen LogP contribution < -0.4 is 15.5 Å². The highest BCUT2D eigenvalue weighted by Crippen LogP contribution is 2.32. The fourth-order valence-corrected chi connectivity index (χ4v) is 4.93. The number of hydrogen-bond donors (Lipinski definition) is 2. The van der Waals surface area contributed by atoms with Gasteiger partial charge in [-0.1, -0.05) is 6.92 Å². The van der Waals surface area contributed by atoms with Crippen molar-refractivity contribution >= 4 is 28.3 Å². The second-order valence-electron chi connectivity index (χ2n) is 9.44. The summed E-state index contributed by atoms with van der Waals surface area (Å²) in [4.78, 5) is 28.8. The fourth-order valence-electron chi connectivity index (χ4n) is 4.93. The van der Waals surface area contributed by atoms with Gasteiger partial charge in [0.1, 0.15) is 11.6 Å². The van der Waals surface area contributed by atoms with Crippen molar-refractivity contribution in [2.75, 3.05) is 43.1 Å². The highest BCUT2D eigenvalue weighted by molar-refractivity contribution is 5.94. The Morgan fingerprint density at radius 3 is 2.74 bits per heavy atom. The van der Waals surface area contributed by atoms with E-state index in [1.165, 1.54) is 0 Å². The minimum absolute atomic E-state index is 0.0768. The molecular weight excluding hydrogens is 440 g/mol. The van der Waals surface area contributed by atoms with Gasteiger partial charge in [0.05, 0.1) is 5.69 Å². The first kappa shape index (κ1) is 23.5. The third-order valence-corrected chi connectivity index (χ3v) is 6.95. The van der Waals surface area contributed by atoms with Crippen LogP contribution in [0.5, 0.6) is 0 Å². The van der Waals surface area contributed by atoms with E-state index in [9.17, 15) is 4.79 Å². The second kappa shape index (κ2) is 11.0. The molecule has 0 aromatic carbocycles. The highest BCUT2D eigenvalue weighted by atomic mass is 16.5. The van der Waals surface area contributed by atoms with E-state index in [2.05, 4.69) is 44.6 Å². The summed E-state index contributed by atoms with van der Waals surface area (Å²) < 4.78 is 5.48. The van der Waals surface area contributed by atoms with Crippen molar-refractivity contribution in [3.8, 4) is 11.3 Å². The van der Waals surface area contributed by atoms with Gasteiger partial charge < -0.3 is 20.3 Å². The van der Waals surface area contributed by atoms with Crippen LogP contribution in [0.3, 0.4) is 0 Å². The summed E-state index contributed by atoms with van der Waals surface area (Å²) >= 11 is 0. The Morgan fingerprint density at radius 1 is 1.11 bits per heavy atom. The van der Waals surface area contributed by atoms with E-state index in [1.54, 1.807) is 0 Å². The van der Waals surface area contributed by atoms with Crippen molar-refractivity contribution < 1.29 is 9.53 Å². The number of carbonyl (C=O) groups excluding carboxylic acids is 1. The lowest BCUT2D eigenvalue weighted by Gasteiger charge is -2.33. The highest BCUT2D eigenvalue weighted by Gasteiger charge is 2.26. The van der Waals surface area contributed by atoms with Gasteiger partial charge in [-0.25, -0.2) is 9.97 Å². The van der Waals surface area contributed by atoms with Crippen LogP contribution in [0.1, 0.15) is 39.0 Å². The van der Waals surface area contributed by atoms with E-state index in [1.807, 2.05) is 30.7 Å². The summed E-state index contributed by atoms with van der Waals surface area (Å²) in [6.45, 7) is 6.02. The number of ether oxygens (including phenoxy) is 1. The molecule has 8 heteroatoms. The van der Waals surface area contributed by atoms with Crippen LogP contribution in [0.4, 0.5) is 11.6 Å². The third kappa shape index (κ3) is 5.53. The Bertz CT molecular complexity index is 1160. The SMILES string of the molecule is CCCNC(=O)C1CCN(c2nc(-c3ccnc(NC4CCOCC4)c3)cc3cnccc23)CC1. The van der Waals surface area contributed by atoms with Gasteiger partial charge in [0.2, 0.25) is 5.91 Å². The third-order valence-electron chi connectivity index (χ3n) is 6.95. The van der Waals surface area contributed by atoms with Crippen molar-refractivity contribution in [2.24, 2.45) is 5.92 Å². The lowest BCUT2D eigenvalue weighted by molar-refractivity contribution is -0.125. The maximum absolute atomic E-state index is 12.5. The Labute approximate surface area is 206 Å². The first-order valence-corrected chi connectivity index (χ1v) is 12.8. The number of aromatic nitrogens is 3. The standard InChI is InChI=1S/C27H34N6O2/c1-2-9-30-27(34)19-5-12-33(13-6-19)26-23-4-10-28-18-21(23)16-24(32-26)20-3-11-29-25(17-20)31-22-7-14-35-15-8-22/h3-4,10-11,16-19,22H,2,5-9,12-15H2,1H3,(H,29,31)(H,30,34). The Hall–Kier alpha value is -3.26. The number of pyridine rings is 3. The first-order chi connectivity index (χ1) is 17.2. The van der Waals surface area contributed by atoms with Crippen molar-refractivity contribution in [3.63, 3.8) is 0 Å². The fraction of sp³-hybridized carbons (Fsp3) is 0.481. The summed E-state index contributed by atoms with van der Waals surface area (Å²) in [5, 5.41) is 8.76. The number of piperidine rings is 1. The molecule has 0 unspecified atom stereocenters. The molecule has 5 rings (SSSR count). The molecule has 0 bridgehead atoms. The Balaban J connectivity index is 1.39. The quantitative estimate of drug-likeness (QED) is 0.534. The summed E-state index contributed by atoms with van der Waals surface area (Å²) in [5.74, 6) is 2.09. The Morgan fingerprint density at radius 2 is 1.94 bits per heavy atom. The molecule has 0 aliphatic carbocycles. The molecule has 0 saturated carbocycles. The zero-order chi connectivity index (χ0) is 24.0. The number of nitrogens with zero attached hydrogens (tertiary/aromatic N) is 4. The van der Waals surface area contributed by atoms with Crippen molar-refractivity contribution in [3.05, 3.63) is 42.9 Å². The number of nitrogens with one attached hydrogen (secondary N) is 2. The number of fused-ring (bicyclic) bond motifs is 1. The van der Waals surface area contributed by atoms with Gasteiger partial charge in [0, 0.05) is 79.7 Å². The maximum Gasteiger partial charge on any atom is 0.223 e. The van der Waals surface area contributed by atoms with Crippen molar-refractivity contribution in [1.29, 1.82) is 0 Å². The molecule has 2 fully saturated rings. The average Bonchev–Trinajstić information content (AvgIpc) is 2.92. The molecule has 2 saturated heterocycles. The van der Waals surface area contributed by atoms with Crippen LogP contribution in [0.15, 0.2) is 42.9 Å². The monoisotopic (exact) mass is 474 g/mol. The summed E-state index contributed by atoms with van der Waals surface area (Å²) in [7, 11) is 0. The number of amides is 1. The van der Waals surface area contributed by atoms with Gasteiger partial charge in [-0.2, -0.15) is 0 Å². The summed E-state index contributed by atoms with van der Waals surface area (Å²) in [5.41, 5.74) is 1.93. The molecule has 5 heterocycles. The first-order valence-electron chi connectivity index (χ1n) is 12.8. The Kier molecular flexibility index (Phi) is 7.37. The molecule has 1 amide bonds. The molecule has 2 aliphatic heterocycles. The number of hydrogen-bond acceptors (Lipinski definition) is 7. The van der Waals surface area contributed by atoms with E-state index in [0.717, 1.165) is 98.6 Å². The number of anilines is 2. The van der Waals surface area contributed by atoms with Crippen molar-refractivity contribution in [1.82, 2.24) is 20.3 Å². The smallest absolute Gasteiger partial charge is 0.223 e. The van der Waals surface area contributed by atoms with E-state index in [4.69, 9.17) is 9.72 Å². The second-order valence-corrected chi connectivity index (χ2v) is 9.44. The lowest BCUT2D eigenvalue weighted by atomic mass is 9.95. The zero-order valence-corrected chi connectivity index (χ0v) is 20.4. The predicted octanol–water partition coefficient (Wildman–Crippen LogP) is 4.03. The minimum Gasteiger partial charge on any atom is -0.381 e. The number of rotatable bonds is 7. The van der Waals surface area contributed by atoms with Gasteiger partial charge in [-0.15, -0.1) is 0 Å². The topological polar surface area (TPSA) is 92.3 Å². The van der Waals surface area contributed by atoms with Crippen LogP contribution in [-0.2, 0) is 9.53 Å². The maximum atomic E-state index is 12.5. The van der Waals surface area contributed by atoms with Crippen LogP contribution in [0, 0.1) is 5.92 Å². The molecule has 0 atom stereocenters. The van der Waals surface area contributed by atoms with Gasteiger partial charge in [0.25, 0.3) is 0 Å². The van der Waals surface area contributed by atoms with Gasteiger partial charge in [0.15, 0.2) is 0 Å². The van der Waals surface area contributed by atoms with Crippen LogP contribution in [0.25, 0.3) is 22.0 Å². The average molecular weight is 475 g/mol. The molecule has 3 aromatic heterocycles. The van der Waals surface area contributed by atoms with Crippen molar-refractivity contribution in [2.45, 2.75) is 45.1 Å². The largest absolute Gasteiger partial charge is 0.381 e. The lowest BCUT2D eigenvalue weighted by Crippen LogP contribution is -2.41. The van der Waals surface area contributed by atoms with Gasteiger partial charge >= 0.3 is 0 Å². The molecular formula is C27H34N6O2. The van der Waals surface area contributed by atoms with Gasteiger partial charge in [-0.3, -0.25) is 9.78 Å². The molecule has 35 heavy (non-hydrogen) atoms. The van der Waals surface area contributed by atoms with E-state index < -0.39 is 0 Å². The van der Waals surface area contributed by atoms with Crippen LogP contribution in [0.2, 0.25) is 0 Å². The molecule has 2 N–H and O–H groups in total. The van der Waals surface area contributed by atoms with E-state index in [-0.39, 0.29) is 11.8 Å². The number of carbonyl (C=O) groups is 1. The normalized spacial score (nSPS) is 17.5. The van der Waals surface area contributed by atoms with Crippen LogP contribution in [-0.4, -0.2) is 59.7 Å². The molecule has 8 nitrogen and oxygen atoms in total.